The molecule has 0 radical (unpaired) electrons. The zero-order valence-corrected chi connectivity index (χ0v) is 27.4. The van der Waals surface area contributed by atoms with E-state index in [1.54, 1.807) is 0 Å². The van der Waals surface area contributed by atoms with Gasteiger partial charge in [-0.15, -0.1) is 0 Å². The van der Waals surface area contributed by atoms with Crippen LogP contribution in [0.2, 0.25) is 0 Å². The number of carbonyl (C=O) groups is 2. The summed E-state index contributed by atoms with van der Waals surface area (Å²) in [5.74, 6) is -1.46. The van der Waals surface area contributed by atoms with Gasteiger partial charge in [0.2, 0.25) is 11.8 Å². The Balaban J connectivity index is 1.64. The monoisotopic (exact) mass is 748 g/mol. The summed E-state index contributed by atoms with van der Waals surface area (Å²) in [6, 6.07) is -3.10. The van der Waals surface area contributed by atoms with Gasteiger partial charge in [0, 0.05) is 13.8 Å². The summed E-state index contributed by atoms with van der Waals surface area (Å²) in [6.07, 6.45) is -31.9. The Labute approximate surface area is 289 Å². The first kappa shape index (κ1) is 41.9. The fraction of sp³-hybridized carbons (Fsp3) is 0.929. The number of hydrogen-bond donors (Lipinski definition) is 14. The van der Waals surface area contributed by atoms with Crippen LogP contribution in [0.4, 0.5) is 0 Å². The van der Waals surface area contributed by atoms with Crippen LogP contribution in [0.1, 0.15) is 13.8 Å². The maximum atomic E-state index is 12.4. The zero-order valence-electron chi connectivity index (χ0n) is 27.4. The molecule has 1 unspecified atom stereocenters. The maximum Gasteiger partial charge on any atom is 0.217 e. The Morgan fingerprint density at radius 3 is 1.35 bits per heavy atom. The van der Waals surface area contributed by atoms with Gasteiger partial charge in [0.1, 0.15) is 97.5 Å². The summed E-state index contributed by atoms with van der Waals surface area (Å²) < 4.78 is 39.2. The molecule has 23 heteroatoms. The van der Waals surface area contributed by atoms with Gasteiger partial charge in [-0.2, -0.15) is 0 Å². The van der Waals surface area contributed by atoms with Crippen LogP contribution in [0.25, 0.3) is 0 Å². The van der Waals surface area contributed by atoms with Crippen molar-refractivity contribution < 1.29 is 104 Å². The number of hydrogen-bond acceptors (Lipinski definition) is 21. The van der Waals surface area contributed by atoms with Gasteiger partial charge in [-0.05, 0) is 0 Å². The second kappa shape index (κ2) is 18.0. The van der Waals surface area contributed by atoms with Gasteiger partial charge in [-0.25, -0.2) is 0 Å². The van der Waals surface area contributed by atoms with Crippen LogP contribution in [0, 0.1) is 0 Å². The molecule has 0 aliphatic carbocycles. The fourth-order valence-electron chi connectivity index (χ4n) is 6.34. The Hall–Kier alpha value is -1.82. The molecule has 0 saturated carbocycles. The fourth-order valence-corrected chi connectivity index (χ4v) is 6.34. The molecule has 4 rings (SSSR count). The normalized spacial score (nSPS) is 47.8. The molecule has 14 N–H and O–H groups in total. The molecule has 0 spiro atoms. The molecule has 0 bridgehead atoms. The van der Waals surface area contributed by atoms with Crippen LogP contribution >= 0.6 is 0 Å². The standard InChI is InChI=1S/C28H48N2O21/c1-7(35)29-13-22(16(38)10(4-32)45-25(13)44)49-26-14(30-8(2)36)23(17(39)11(5-33)46-26)50-28-21(43)24(18(40)12(6-34)48-28)51-27-20(42)19(41)15(37)9(3-31)47-27/h9-28,31-34,37-44H,3-6H2,1-2H3,(H,29,35)(H,30,36)/t9-,10-,11-,12-,13-,14-,15+,16+,17-,18+,19+,20-,21-,22-,23-,24+,25?,26+,27-,28+/m1/s1. The van der Waals surface area contributed by atoms with E-state index in [9.17, 15) is 70.9 Å². The van der Waals surface area contributed by atoms with E-state index in [4.69, 9.17) is 33.2 Å². The van der Waals surface area contributed by atoms with Crippen LogP contribution in [-0.4, -0.2) is 222 Å². The predicted molar refractivity (Wildman–Crippen MR) is 157 cm³/mol. The minimum absolute atomic E-state index is 0.691. The highest BCUT2D eigenvalue weighted by molar-refractivity contribution is 5.73. The number of aliphatic hydroxyl groups is 12. The minimum Gasteiger partial charge on any atom is -0.394 e. The van der Waals surface area contributed by atoms with Crippen molar-refractivity contribution in [3.8, 4) is 0 Å². The molecular weight excluding hydrogens is 700 g/mol. The third kappa shape index (κ3) is 9.11. The van der Waals surface area contributed by atoms with Crippen LogP contribution in [-0.2, 0) is 42.7 Å². The smallest absolute Gasteiger partial charge is 0.217 e. The second-order valence-electron chi connectivity index (χ2n) is 12.6. The van der Waals surface area contributed by atoms with Crippen molar-refractivity contribution in [3.05, 3.63) is 0 Å². The molecule has 4 saturated heterocycles. The van der Waals surface area contributed by atoms with Crippen molar-refractivity contribution in [1.82, 2.24) is 10.6 Å². The van der Waals surface area contributed by atoms with Crippen LogP contribution in [0.15, 0.2) is 0 Å². The molecule has 2 amide bonds. The molecule has 20 atom stereocenters. The van der Waals surface area contributed by atoms with Crippen molar-refractivity contribution in [2.45, 2.75) is 137 Å². The lowest BCUT2D eigenvalue weighted by Gasteiger charge is -2.50. The van der Waals surface area contributed by atoms with Crippen molar-refractivity contribution in [2.24, 2.45) is 0 Å². The Morgan fingerprint density at radius 1 is 0.471 bits per heavy atom. The topological polar surface area (TPSA) is 366 Å². The summed E-state index contributed by atoms with van der Waals surface area (Å²) in [5, 5.41) is 130. The summed E-state index contributed by atoms with van der Waals surface area (Å²) in [4.78, 5) is 24.3. The van der Waals surface area contributed by atoms with Crippen LogP contribution < -0.4 is 10.6 Å². The largest absolute Gasteiger partial charge is 0.394 e. The van der Waals surface area contributed by atoms with Crippen molar-refractivity contribution in [3.63, 3.8) is 0 Å². The van der Waals surface area contributed by atoms with Gasteiger partial charge in [-0.3, -0.25) is 9.59 Å². The third-order valence-corrected chi connectivity index (χ3v) is 9.01. The lowest BCUT2D eigenvalue weighted by molar-refractivity contribution is -0.377. The van der Waals surface area contributed by atoms with Gasteiger partial charge in [0.25, 0.3) is 0 Å². The molecule has 0 aromatic heterocycles. The number of carbonyl (C=O) groups excluding carboxylic acids is 2. The SMILES string of the molecule is CC(=O)N[C@H]1[C@H](O[C@H]2[C@@H](O)[C@@H](CO)OC(O)[C@@H]2NC(C)=O)O[C@H](CO)[C@@H](O)[C@@H]1O[C@@H]1O[C@H](CO)[C@H](O)[C@H](O[C@H]2O[C@H](CO)[C@H](O)[C@H](O)[C@H]2O)[C@H]1O. The summed E-state index contributed by atoms with van der Waals surface area (Å²) in [7, 11) is 0. The van der Waals surface area contributed by atoms with E-state index in [2.05, 4.69) is 10.6 Å². The lowest BCUT2D eigenvalue weighted by atomic mass is 9.93. The molecule has 0 aromatic rings. The molecule has 4 aliphatic heterocycles. The molecule has 4 fully saturated rings. The van der Waals surface area contributed by atoms with Crippen LogP contribution in [0.3, 0.4) is 0 Å². The van der Waals surface area contributed by atoms with E-state index in [0.717, 1.165) is 13.8 Å². The first-order valence-electron chi connectivity index (χ1n) is 16.1. The van der Waals surface area contributed by atoms with Gasteiger partial charge < -0.3 is 105 Å². The first-order valence-corrected chi connectivity index (χ1v) is 16.1. The Morgan fingerprint density at radius 2 is 0.843 bits per heavy atom. The van der Waals surface area contributed by atoms with E-state index < -0.39 is 161 Å². The molecule has 4 heterocycles. The highest BCUT2D eigenvalue weighted by atomic mass is 16.8. The molecule has 51 heavy (non-hydrogen) atoms. The molecule has 23 nitrogen and oxygen atoms in total. The molecule has 296 valence electrons. The molecule has 4 aliphatic rings. The minimum atomic E-state index is -2.07. The molecular formula is C28H48N2O21. The second-order valence-corrected chi connectivity index (χ2v) is 12.6. The van der Waals surface area contributed by atoms with E-state index in [1.807, 2.05) is 0 Å². The maximum absolute atomic E-state index is 12.4. The lowest BCUT2D eigenvalue weighted by Crippen LogP contribution is -2.71. The van der Waals surface area contributed by atoms with E-state index in [-0.39, 0.29) is 0 Å². The highest BCUT2D eigenvalue weighted by Gasteiger charge is 2.56. The van der Waals surface area contributed by atoms with E-state index in [1.165, 1.54) is 0 Å². The average molecular weight is 749 g/mol. The highest BCUT2D eigenvalue weighted by Crippen LogP contribution is 2.34. The number of aliphatic hydroxyl groups excluding tert-OH is 12. The molecule has 0 aromatic carbocycles. The number of nitrogens with one attached hydrogen (secondary N) is 2. The predicted octanol–water partition coefficient (Wildman–Crippen LogP) is -9.46. The van der Waals surface area contributed by atoms with Gasteiger partial charge in [0.05, 0.1) is 26.4 Å². The number of ether oxygens (including phenoxy) is 7. The Kier molecular flexibility index (Phi) is 14.8. The number of rotatable bonds is 12. The van der Waals surface area contributed by atoms with Crippen molar-refractivity contribution >= 4 is 11.8 Å². The van der Waals surface area contributed by atoms with E-state index in [0.29, 0.717) is 0 Å². The average Bonchev–Trinajstić information content (AvgIpc) is 3.08. The van der Waals surface area contributed by atoms with E-state index >= 15 is 0 Å². The summed E-state index contributed by atoms with van der Waals surface area (Å²) >= 11 is 0. The first-order chi connectivity index (χ1) is 24.1. The number of amides is 2. The van der Waals surface area contributed by atoms with Gasteiger partial charge in [-0.1, -0.05) is 0 Å². The van der Waals surface area contributed by atoms with Crippen LogP contribution in [0.5, 0.6) is 0 Å². The van der Waals surface area contributed by atoms with Crippen molar-refractivity contribution in [1.29, 1.82) is 0 Å². The Bertz CT molecular complexity index is 1140. The zero-order chi connectivity index (χ0) is 37.9. The van der Waals surface area contributed by atoms with Gasteiger partial charge >= 0.3 is 0 Å². The summed E-state index contributed by atoms with van der Waals surface area (Å²) in [6.45, 7) is -1.31. The third-order valence-electron chi connectivity index (χ3n) is 9.01. The van der Waals surface area contributed by atoms with Gasteiger partial charge in [0.15, 0.2) is 25.2 Å². The quantitative estimate of drug-likeness (QED) is 0.0881. The van der Waals surface area contributed by atoms with Crippen molar-refractivity contribution in [2.75, 3.05) is 26.4 Å². The summed E-state index contributed by atoms with van der Waals surface area (Å²) in [5.41, 5.74) is 0.